The predicted molar refractivity (Wildman–Crippen MR) is 118 cm³/mol. The Morgan fingerprint density at radius 1 is 1.12 bits per heavy atom. The number of carbonyl (C=O) groups is 1. The van der Waals surface area contributed by atoms with Crippen molar-refractivity contribution in [2.75, 3.05) is 11.8 Å². The predicted octanol–water partition coefficient (Wildman–Crippen LogP) is 4.46. The van der Waals surface area contributed by atoms with E-state index >= 15 is 0 Å². The zero-order valence-corrected chi connectivity index (χ0v) is 18.2. The van der Waals surface area contributed by atoms with Crippen LogP contribution in [0.3, 0.4) is 0 Å². The molecule has 3 rings (SSSR count). The average molecular weight is 478 g/mol. The zero-order valence-electron chi connectivity index (χ0n) is 16.7. The summed E-state index contributed by atoms with van der Waals surface area (Å²) in [6.07, 6.45) is 0. The van der Waals surface area contributed by atoms with Gasteiger partial charge in [0, 0.05) is 30.7 Å². The highest BCUT2D eigenvalue weighted by Crippen LogP contribution is 2.25. The average Bonchev–Trinajstić information content (AvgIpc) is 2.75. The van der Waals surface area contributed by atoms with Crippen molar-refractivity contribution in [3.63, 3.8) is 0 Å². The Morgan fingerprint density at radius 2 is 1.78 bits per heavy atom. The first-order valence-electron chi connectivity index (χ1n) is 9.14. The number of non-ortho nitro benzene ring substituents is 1. The third-order valence-electron chi connectivity index (χ3n) is 4.52. The minimum atomic E-state index is -4.08. The highest BCUT2D eigenvalue weighted by Gasteiger charge is 2.22. The molecule has 32 heavy (non-hydrogen) atoms. The molecule has 0 aromatic heterocycles. The lowest BCUT2D eigenvalue weighted by Crippen LogP contribution is -2.27. The number of hydrogen-bond acceptors (Lipinski definition) is 5. The molecule has 8 nitrogen and oxygen atoms in total. The number of anilines is 1. The SMILES string of the molecule is CN(Cc1cc([N+](=O)[O-])ccc1Cl)C(=O)c1ccccc1NS(=O)(=O)c1ccc(F)cc1. The Kier molecular flexibility index (Phi) is 6.75. The van der Waals surface area contributed by atoms with Gasteiger partial charge in [-0.1, -0.05) is 23.7 Å². The molecular formula is C21H17ClFN3O5S. The van der Waals surface area contributed by atoms with Gasteiger partial charge in [-0.25, -0.2) is 12.8 Å². The number of sulfonamides is 1. The molecule has 0 bridgehead atoms. The number of nitro benzene ring substituents is 1. The van der Waals surface area contributed by atoms with Crippen molar-refractivity contribution in [3.8, 4) is 0 Å². The molecule has 0 heterocycles. The van der Waals surface area contributed by atoms with Crippen molar-refractivity contribution in [2.45, 2.75) is 11.4 Å². The van der Waals surface area contributed by atoms with E-state index < -0.39 is 26.7 Å². The molecule has 0 aliphatic carbocycles. The summed E-state index contributed by atoms with van der Waals surface area (Å²) in [5.74, 6) is -1.12. The molecule has 0 saturated heterocycles. The second-order valence-electron chi connectivity index (χ2n) is 6.80. The van der Waals surface area contributed by atoms with E-state index in [1.54, 1.807) is 12.1 Å². The Bertz CT molecular complexity index is 1280. The third-order valence-corrected chi connectivity index (χ3v) is 6.27. The summed E-state index contributed by atoms with van der Waals surface area (Å²) < 4.78 is 40.8. The van der Waals surface area contributed by atoms with Crippen LogP contribution in [-0.4, -0.2) is 31.2 Å². The second kappa shape index (κ2) is 9.33. The molecule has 1 N–H and O–H groups in total. The minimum Gasteiger partial charge on any atom is -0.337 e. The number of carbonyl (C=O) groups excluding carboxylic acids is 1. The normalized spacial score (nSPS) is 11.1. The summed E-state index contributed by atoms with van der Waals surface area (Å²) in [5, 5.41) is 11.3. The molecule has 3 aromatic carbocycles. The number of para-hydroxylation sites is 1. The maximum atomic E-state index is 13.1. The maximum absolute atomic E-state index is 13.1. The fraction of sp³-hybridized carbons (Fsp3) is 0.0952. The van der Waals surface area contributed by atoms with Crippen LogP contribution < -0.4 is 4.72 Å². The summed E-state index contributed by atoms with van der Waals surface area (Å²) >= 11 is 6.11. The number of rotatable bonds is 7. The van der Waals surface area contributed by atoms with E-state index in [-0.39, 0.29) is 33.4 Å². The zero-order chi connectivity index (χ0) is 23.5. The maximum Gasteiger partial charge on any atom is 0.269 e. The number of nitrogens with zero attached hydrogens (tertiary/aromatic N) is 2. The van der Waals surface area contributed by atoms with E-state index in [1.165, 1.54) is 42.3 Å². The van der Waals surface area contributed by atoms with Crippen molar-refractivity contribution in [3.05, 3.63) is 98.8 Å². The molecule has 0 aliphatic heterocycles. The first-order chi connectivity index (χ1) is 15.1. The van der Waals surface area contributed by atoms with Crippen LogP contribution in [0.25, 0.3) is 0 Å². The summed E-state index contributed by atoms with van der Waals surface area (Å²) in [5.41, 5.74) is 0.278. The monoisotopic (exact) mass is 477 g/mol. The highest BCUT2D eigenvalue weighted by atomic mass is 35.5. The van der Waals surface area contributed by atoms with Gasteiger partial charge in [-0.15, -0.1) is 0 Å². The van der Waals surface area contributed by atoms with Crippen LogP contribution in [0.15, 0.2) is 71.6 Å². The molecule has 0 spiro atoms. The summed E-state index contributed by atoms with van der Waals surface area (Å²) in [4.78, 5) is 24.6. The first-order valence-corrected chi connectivity index (χ1v) is 11.0. The molecule has 0 atom stereocenters. The molecule has 0 unspecified atom stereocenters. The van der Waals surface area contributed by atoms with E-state index in [0.717, 1.165) is 24.3 Å². The number of nitro groups is 1. The van der Waals surface area contributed by atoms with Gasteiger partial charge in [-0.2, -0.15) is 0 Å². The van der Waals surface area contributed by atoms with Crippen molar-refractivity contribution in [2.24, 2.45) is 0 Å². The Hall–Kier alpha value is -3.50. The molecule has 0 fully saturated rings. The number of nitrogens with one attached hydrogen (secondary N) is 1. The lowest BCUT2D eigenvalue weighted by atomic mass is 10.1. The van der Waals surface area contributed by atoms with Crippen molar-refractivity contribution < 1.29 is 22.5 Å². The molecule has 166 valence electrons. The largest absolute Gasteiger partial charge is 0.337 e. The topological polar surface area (TPSA) is 110 Å². The molecule has 0 saturated carbocycles. The van der Waals surface area contributed by atoms with Crippen LogP contribution in [0, 0.1) is 15.9 Å². The molecule has 0 radical (unpaired) electrons. The Balaban J connectivity index is 1.86. The highest BCUT2D eigenvalue weighted by molar-refractivity contribution is 7.92. The minimum absolute atomic E-state index is 0.0267. The summed E-state index contributed by atoms with van der Waals surface area (Å²) in [7, 11) is -2.61. The fourth-order valence-electron chi connectivity index (χ4n) is 2.90. The Morgan fingerprint density at radius 3 is 2.44 bits per heavy atom. The van der Waals surface area contributed by atoms with Crippen molar-refractivity contribution in [1.29, 1.82) is 0 Å². The van der Waals surface area contributed by atoms with Gasteiger partial charge < -0.3 is 4.90 Å². The molecular weight excluding hydrogens is 461 g/mol. The van der Waals surface area contributed by atoms with Crippen molar-refractivity contribution in [1.82, 2.24) is 4.90 Å². The summed E-state index contributed by atoms with van der Waals surface area (Å²) in [6, 6.07) is 14.1. The van der Waals surface area contributed by atoms with E-state index in [2.05, 4.69) is 4.72 Å². The van der Waals surface area contributed by atoms with Gasteiger partial charge in [0.25, 0.3) is 21.6 Å². The van der Waals surface area contributed by atoms with Gasteiger partial charge in [-0.05, 0) is 48.0 Å². The van der Waals surface area contributed by atoms with Crippen LogP contribution in [0.4, 0.5) is 15.8 Å². The summed E-state index contributed by atoms with van der Waals surface area (Å²) in [6.45, 7) is -0.0433. The molecule has 0 aliphatic rings. The lowest BCUT2D eigenvalue weighted by molar-refractivity contribution is -0.384. The molecule has 3 aromatic rings. The van der Waals surface area contributed by atoms with E-state index in [4.69, 9.17) is 11.6 Å². The van der Waals surface area contributed by atoms with Crippen LogP contribution >= 0.6 is 11.6 Å². The number of hydrogen-bond donors (Lipinski definition) is 1. The molecule has 11 heteroatoms. The van der Waals surface area contributed by atoms with Gasteiger partial charge in [0.05, 0.1) is 21.1 Å². The number of amides is 1. The van der Waals surface area contributed by atoms with Gasteiger partial charge in [0.1, 0.15) is 5.82 Å². The van der Waals surface area contributed by atoms with Gasteiger partial charge in [0.2, 0.25) is 0 Å². The second-order valence-corrected chi connectivity index (χ2v) is 8.89. The Labute approximate surface area is 188 Å². The van der Waals surface area contributed by atoms with Gasteiger partial charge in [-0.3, -0.25) is 19.6 Å². The number of benzene rings is 3. The van der Waals surface area contributed by atoms with Crippen LogP contribution in [0.5, 0.6) is 0 Å². The number of halogens is 2. The standard InChI is InChI=1S/C21H17ClFN3O5S/c1-25(13-14-12-16(26(28)29)8-11-19(14)22)21(27)18-4-2-3-5-20(18)24-32(30,31)17-9-6-15(23)7-10-17/h2-12,24H,13H2,1H3. The van der Waals surface area contributed by atoms with E-state index in [0.29, 0.717) is 5.56 Å². The van der Waals surface area contributed by atoms with E-state index in [1.807, 2.05) is 0 Å². The van der Waals surface area contributed by atoms with Crippen LogP contribution in [0.2, 0.25) is 5.02 Å². The van der Waals surface area contributed by atoms with Crippen molar-refractivity contribution >= 4 is 38.9 Å². The van der Waals surface area contributed by atoms with Gasteiger partial charge >= 0.3 is 0 Å². The van der Waals surface area contributed by atoms with Crippen LogP contribution in [-0.2, 0) is 16.6 Å². The lowest BCUT2D eigenvalue weighted by Gasteiger charge is -2.20. The van der Waals surface area contributed by atoms with Crippen LogP contribution in [0.1, 0.15) is 15.9 Å². The first kappa shape index (κ1) is 23.2. The van der Waals surface area contributed by atoms with E-state index in [9.17, 15) is 27.7 Å². The fourth-order valence-corrected chi connectivity index (χ4v) is 4.16. The quantitative estimate of drug-likeness (QED) is 0.399. The van der Waals surface area contributed by atoms with Gasteiger partial charge in [0.15, 0.2) is 0 Å². The third kappa shape index (κ3) is 5.21. The molecule has 1 amide bonds. The smallest absolute Gasteiger partial charge is 0.269 e.